The first-order valence-corrected chi connectivity index (χ1v) is 6.12. The van der Waals surface area contributed by atoms with Crippen LogP contribution in [-0.2, 0) is 4.79 Å². The minimum Gasteiger partial charge on any atom is -0.481 e. The van der Waals surface area contributed by atoms with Crippen molar-refractivity contribution in [2.45, 2.75) is 12.5 Å². The monoisotopic (exact) mass is 255 g/mol. The molecule has 0 saturated heterocycles. The molecule has 0 aliphatic heterocycles. The number of carbonyl (C=O) groups is 1. The van der Waals surface area contributed by atoms with Crippen LogP contribution in [-0.4, -0.2) is 27.3 Å². The average molecular weight is 255 g/mol. The first-order valence-electron chi connectivity index (χ1n) is 6.12. The smallest absolute Gasteiger partial charge is 0.310 e. The van der Waals surface area contributed by atoms with Gasteiger partial charge in [-0.3, -0.25) is 4.79 Å². The van der Waals surface area contributed by atoms with Gasteiger partial charge in [0.1, 0.15) is 0 Å². The normalized spacial score (nSPS) is 21.7. The Morgan fingerprint density at radius 1 is 1.32 bits per heavy atom. The van der Waals surface area contributed by atoms with Crippen LogP contribution in [0.25, 0.3) is 10.9 Å². The number of aromatic nitrogens is 2. The molecule has 96 valence electrons. The van der Waals surface area contributed by atoms with Crippen molar-refractivity contribution in [1.82, 2.24) is 10.2 Å². The van der Waals surface area contributed by atoms with Gasteiger partial charge in [-0.05, 0) is 12.5 Å². The summed E-state index contributed by atoms with van der Waals surface area (Å²) in [6.45, 7) is 0. The number of nitrogens with zero attached hydrogens (tertiary/aromatic N) is 2. The Morgan fingerprint density at radius 2 is 2.16 bits per heavy atom. The molecule has 1 aliphatic rings. The average Bonchev–Trinajstić information content (AvgIpc) is 2.88. The van der Waals surface area contributed by atoms with E-state index in [1.165, 1.54) is 0 Å². The number of nitrogens with one attached hydrogen (secondary N) is 1. The van der Waals surface area contributed by atoms with Crippen molar-refractivity contribution in [2.24, 2.45) is 5.92 Å². The van der Waals surface area contributed by atoms with Gasteiger partial charge in [-0.1, -0.05) is 30.4 Å². The second-order valence-electron chi connectivity index (χ2n) is 4.59. The van der Waals surface area contributed by atoms with Crippen LogP contribution in [0, 0.1) is 5.92 Å². The number of aliphatic carboxylic acids is 1. The summed E-state index contributed by atoms with van der Waals surface area (Å²) >= 11 is 0. The van der Waals surface area contributed by atoms with Gasteiger partial charge in [0.2, 0.25) is 0 Å². The van der Waals surface area contributed by atoms with Crippen molar-refractivity contribution in [3.05, 3.63) is 42.6 Å². The second-order valence-corrected chi connectivity index (χ2v) is 4.59. The van der Waals surface area contributed by atoms with Crippen LogP contribution in [0.4, 0.5) is 5.69 Å². The largest absolute Gasteiger partial charge is 0.481 e. The number of anilines is 1. The van der Waals surface area contributed by atoms with E-state index >= 15 is 0 Å². The first-order chi connectivity index (χ1) is 9.24. The molecule has 0 spiro atoms. The standard InChI is InChI=1S/C14H13N3O2/c18-14(19)9-5-6-10(7-9)16-13-8-15-17-12-4-2-1-3-11(12)13/h1-6,8-10H,7H2,(H,16,17)(H,18,19). The van der Waals surface area contributed by atoms with Crippen LogP contribution >= 0.6 is 0 Å². The van der Waals surface area contributed by atoms with Gasteiger partial charge in [0.25, 0.3) is 0 Å². The lowest BCUT2D eigenvalue weighted by Gasteiger charge is -2.14. The minimum atomic E-state index is -0.779. The predicted molar refractivity (Wildman–Crippen MR) is 71.8 cm³/mol. The van der Waals surface area contributed by atoms with Crippen LogP contribution in [0.15, 0.2) is 42.6 Å². The lowest BCUT2D eigenvalue weighted by atomic mass is 10.1. The van der Waals surface area contributed by atoms with Gasteiger partial charge < -0.3 is 10.4 Å². The number of rotatable bonds is 3. The number of carboxylic acid groups (broad SMARTS) is 1. The predicted octanol–water partition coefficient (Wildman–Crippen LogP) is 2.07. The van der Waals surface area contributed by atoms with Gasteiger partial charge >= 0.3 is 5.97 Å². The molecule has 2 aromatic rings. The van der Waals surface area contributed by atoms with E-state index in [4.69, 9.17) is 5.11 Å². The Hall–Kier alpha value is -2.43. The molecule has 3 rings (SSSR count). The van der Waals surface area contributed by atoms with Crippen LogP contribution in [0.2, 0.25) is 0 Å². The van der Waals surface area contributed by atoms with Crippen molar-refractivity contribution in [1.29, 1.82) is 0 Å². The summed E-state index contributed by atoms with van der Waals surface area (Å²) in [6.07, 6.45) is 5.86. The van der Waals surface area contributed by atoms with E-state index in [2.05, 4.69) is 15.5 Å². The van der Waals surface area contributed by atoms with Crippen molar-refractivity contribution in [3.8, 4) is 0 Å². The lowest BCUT2D eigenvalue weighted by molar-refractivity contribution is -0.140. The SMILES string of the molecule is O=C(O)C1C=CC(Nc2cnnc3ccccc23)C1. The minimum absolute atomic E-state index is 0.0220. The van der Waals surface area contributed by atoms with Gasteiger partial charge in [-0.2, -0.15) is 10.2 Å². The van der Waals surface area contributed by atoms with Crippen LogP contribution in [0.1, 0.15) is 6.42 Å². The third kappa shape index (κ3) is 2.27. The Morgan fingerprint density at radius 3 is 2.95 bits per heavy atom. The van der Waals surface area contributed by atoms with E-state index in [-0.39, 0.29) is 6.04 Å². The maximum Gasteiger partial charge on any atom is 0.310 e. The highest BCUT2D eigenvalue weighted by Gasteiger charge is 2.24. The summed E-state index contributed by atoms with van der Waals surface area (Å²) < 4.78 is 0. The number of carboxylic acids is 1. The molecule has 1 aromatic heterocycles. The van der Waals surface area contributed by atoms with E-state index < -0.39 is 11.9 Å². The van der Waals surface area contributed by atoms with E-state index in [9.17, 15) is 4.79 Å². The summed E-state index contributed by atoms with van der Waals surface area (Å²) in [5.41, 5.74) is 1.70. The molecule has 0 fully saturated rings. The van der Waals surface area contributed by atoms with Gasteiger partial charge in [0.05, 0.1) is 23.3 Å². The zero-order valence-electron chi connectivity index (χ0n) is 10.2. The Bertz CT molecular complexity index is 649. The Labute approximate surface area is 110 Å². The van der Waals surface area contributed by atoms with Crippen LogP contribution in [0.5, 0.6) is 0 Å². The molecule has 19 heavy (non-hydrogen) atoms. The van der Waals surface area contributed by atoms with Crippen molar-refractivity contribution >= 4 is 22.6 Å². The topological polar surface area (TPSA) is 75.1 Å². The summed E-state index contributed by atoms with van der Waals surface area (Å²) in [6, 6.07) is 7.75. The molecule has 0 saturated carbocycles. The van der Waals surface area contributed by atoms with E-state index in [0.29, 0.717) is 6.42 Å². The molecular formula is C14H13N3O2. The molecule has 0 bridgehead atoms. The molecule has 0 radical (unpaired) electrons. The maximum atomic E-state index is 10.9. The first kappa shape index (κ1) is 11.6. The fraction of sp³-hybridized carbons (Fsp3) is 0.214. The zero-order chi connectivity index (χ0) is 13.2. The molecule has 1 aliphatic carbocycles. The third-order valence-electron chi connectivity index (χ3n) is 3.29. The fourth-order valence-electron chi connectivity index (χ4n) is 2.31. The number of hydrogen-bond donors (Lipinski definition) is 2. The fourth-order valence-corrected chi connectivity index (χ4v) is 2.31. The molecule has 5 heteroatoms. The lowest BCUT2D eigenvalue weighted by Crippen LogP contribution is -2.19. The number of benzene rings is 1. The van der Waals surface area contributed by atoms with E-state index in [1.807, 2.05) is 30.3 Å². The van der Waals surface area contributed by atoms with Crippen LogP contribution in [0.3, 0.4) is 0 Å². The zero-order valence-corrected chi connectivity index (χ0v) is 10.2. The number of hydrogen-bond acceptors (Lipinski definition) is 4. The third-order valence-corrected chi connectivity index (χ3v) is 3.29. The van der Waals surface area contributed by atoms with Gasteiger partial charge in [-0.25, -0.2) is 0 Å². The molecule has 1 aromatic carbocycles. The summed E-state index contributed by atoms with van der Waals surface area (Å²) in [5.74, 6) is -1.18. The van der Waals surface area contributed by atoms with Gasteiger partial charge in [-0.15, -0.1) is 0 Å². The number of fused-ring (bicyclic) bond motifs is 1. The highest BCUT2D eigenvalue weighted by Crippen LogP contribution is 2.25. The second kappa shape index (κ2) is 4.68. The van der Waals surface area contributed by atoms with Crippen molar-refractivity contribution < 1.29 is 9.90 Å². The van der Waals surface area contributed by atoms with Gasteiger partial charge in [0, 0.05) is 11.4 Å². The molecular weight excluding hydrogens is 242 g/mol. The Kier molecular flexibility index (Phi) is 2.87. The van der Waals surface area contributed by atoms with Crippen molar-refractivity contribution in [3.63, 3.8) is 0 Å². The Balaban J connectivity index is 1.83. The maximum absolute atomic E-state index is 10.9. The molecule has 2 N–H and O–H groups in total. The molecule has 5 nitrogen and oxygen atoms in total. The molecule has 2 atom stereocenters. The summed E-state index contributed by atoms with van der Waals surface area (Å²) in [7, 11) is 0. The summed E-state index contributed by atoms with van der Waals surface area (Å²) in [5, 5.41) is 21.3. The quantitative estimate of drug-likeness (QED) is 0.821. The van der Waals surface area contributed by atoms with Gasteiger partial charge in [0.15, 0.2) is 0 Å². The molecule has 2 unspecified atom stereocenters. The van der Waals surface area contributed by atoms with E-state index in [0.717, 1.165) is 16.6 Å². The highest BCUT2D eigenvalue weighted by atomic mass is 16.4. The summed E-state index contributed by atoms with van der Waals surface area (Å²) in [4.78, 5) is 10.9. The molecule has 1 heterocycles. The highest BCUT2D eigenvalue weighted by molar-refractivity contribution is 5.90. The molecule has 0 amide bonds. The van der Waals surface area contributed by atoms with Crippen molar-refractivity contribution in [2.75, 3.05) is 5.32 Å². The van der Waals surface area contributed by atoms with Crippen LogP contribution < -0.4 is 5.32 Å². The van der Waals surface area contributed by atoms with E-state index in [1.54, 1.807) is 12.3 Å².